The van der Waals surface area contributed by atoms with E-state index < -0.39 is 0 Å². The van der Waals surface area contributed by atoms with Crippen molar-refractivity contribution in [3.8, 4) is 0 Å². The van der Waals surface area contributed by atoms with Gasteiger partial charge in [-0.05, 0) is 0 Å². The van der Waals surface area contributed by atoms with E-state index in [0.717, 1.165) is 0 Å². The number of rotatable bonds is 0. The van der Waals surface area contributed by atoms with Gasteiger partial charge in [-0.15, -0.1) is 0 Å². The van der Waals surface area contributed by atoms with Crippen molar-refractivity contribution >= 4 is 33.0 Å². The number of nitrogens with two attached hydrogens (primary N) is 1. The van der Waals surface area contributed by atoms with Crippen LogP contribution in [-0.2, 0) is 4.79 Å². The number of hydrogen-bond acceptors (Lipinski definition) is 1. The van der Waals surface area contributed by atoms with E-state index in [2.05, 4.69) is 5.73 Å². The summed E-state index contributed by atoms with van der Waals surface area (Å²) in [4.78, 5) is 8.58. The van der Waals surface area contributed by atoms with Gasteiger partial charge in [-0.3, -0.25) is 4.79 Å². The van der Waals surface area contributed by atoms with E-state index in [0.29, 0.717) is 0 Å². The van der Waals surface area contributed by atoms with Gasteiger partial charge in [0, 0.05) is 0 Å². The zero-order valence-corrected chi connectivity index (χ0v) is 5.95. The first-order valence-corrected chi connectivity index (χ1v) is 0.569. The third-order valence-corrected chi connectivity index (χ3v) is 0. The summed E-state index contributed by atoms with van der Waals surface area (Å²) >= 11 is 0. The second kappa shape index (κ2) is 10.1. The quantitative estimate of drug-likeness (QED) is 0.510. The fraction of sp³-hybridized carbons (Fsp3) is 0. The molecule has 0 aromatic rings. The van der Waals surface area contributed by atoms with Crippen LogP contribution >= 0.6 is 0 Å². The van der Waals surface area contributed by atoms with Crippen LogP contribution in [0.15, 0.2) is 0 Å². The molecule has 0 heterocycles. The van der Waals surface area contributed by atoms with Gasteiger partial charge in [-0.2, -0.15) is 0 Å². The molecule has 0 aromatic heterocycles. The fourth-order valence-electron chi connectivity index (χ4n) is 0. The normalized spacial score (nSPS) is 3.00. The van der Waals surface area contributed by atoms with E-state index in [-0.39, 0.29) is 33.0 Å². The Labute approximate surface area is 43.8 Å². The Morgan fingerprint density at radius 3 is 1.75 bits per heavy atom. The average Bonchev–Trinajstić information content (AvgIpc) is 0.918. The maximum absolute atomic E-state index is 8.58. The first-order valence-electron chi connectivity index (χ1n) is 0.569. The summed E-state index contributed by atoms with van der Waals surface area (Å²) in [6.45, 7) is 0. The molecule has 0 atom stereocenters. The van der Waals surface area contributed by atoms with Crippen molar-refractivity contribution in [3.63, 3.8) is 0 Å². The van der Waals surface area contributed by atoms with Gasteiger partial charge in [0.15, 0.2) is 0 Å². The van der Waals surface area contributed by atoms with E-state index in [4.69, 9.17) is 4.79 Å². The third kappa shape index (κ3) is 32.9. The van der Waals surface area contributed by atoms with E-state index in [9.17, 15) is 0 Å². The van der Waals surface area contributed by atoms with Gasteiger partial charge in [0.05, 0.1) is 0 Å². The SMILES string of the molecule is NC=O.[PoH2]. The molecular weight excluding hydrogens is 251 g/mol. The molecule has 0 rings (SSSR count). The summed E-state index contributed by atoms with van der Waals surface area (Å²) in [6.07, 6.45) is 0.250. The van der Waals surface area contributed by atoms with E-state index in [1.54, 1.807) is 0 Å². The summed E-state index contributed by atoms with van der Waals surface area (Å²) < 4.78 is 0. The second-order valence-electron chi connectivity index (χ2n) is 0.136. The van der Waals surface area contributed by atoms with Crippen LogP contribution < -0.4 is 5.73 Å². The van der Waals surface area contributed by atoms with Crippen LogP contribution in [-0.4, -0.2) is 33.0 Å². The van der Waals surface area contributed by atoms with Crippen molar-refractivity contribution in [1.29, 1.82) is 0 Å². The molecule has 0 aliphatic rings. The first kappa shape index (κ1) is 8.84. The van der Waals surface area contributed by atoms with Gasteiger partial charge in [-0.25, -0.2) is 0 Å². The number of amides is 1. The molecule has 0 spiro atoms. The molecular formula is CH5NOPo. The van der Waals surface area contributed by atoms with Gasteiger partial charge < -0.3 is 5.73 Å². The third-order valence-electron chi connectivity index (χ3n) is 0. The molecule has 0 saturated carbocycles. The predicted octanol–water partition coefficient (Wildman–Crippen LogP) is -1.81. The van der Waals surface area contributed by atoms with Gasteiger partial charge in [-0.1, -0.05) is 0 Å². The Balaban J connectivity index is 0. The zero-order valence-electron chi connectivity index (χ0n) is 2.06. The van der Waals surface area contributed by atoms with Gasteiger partial charge in [0.2, 0.25) is 6.41 Å². The number of hydrogen-bond donors (Lipinski definition) is 1. The van der Waals surface area contributed by atoms with Gasteiger partial charge >= 0.3 is 26.6 Å². The van der Waals surface area contributed by atoms with Crippen LogP contribution in [0.4, 0.5) is 0 Å². The number of carbonyl (C=O) groups excluding carboxylic acids is 1. The van der Waals surface area contributed by atoms with Gasteiger partial charge in [0.25, 0.3) is 0 Å². The molecule has 0 aromatic carbocycles. The Morgan fingerprint density at radius 1 is 1.75 bits per heavy atom. The molecule has 0 aliphatic heterocycles. The summed E-state index contributed by atoms with van der Waals surface area (Å²) in [5, 5.41) is 0. The van der Waals surface area contributed by atoms with Crippen LogP contribution in [0.1, 0.15) is 0 Å². The molecule has 0 saturated heterocycles. The molecule has 3 heteroatoms. The minimum atomic E-state index is 0. The van der Waals surface area contributed by atoms with E-state index >= 15 is 0 Å². The fourth-order valence-corrected chi connectivity index (χ4v) is 0. The average molecular weight is 256 g/mol. The van der Waals surface area contributed by atoms with Crippen molar-refractivity contribution in [2.75, 3.05) is 0 Å². The summed E-state index contributed by atoms with van der Waals surface area (Å²) in [5.74, 6) is 0. The molecule has 2 N–H and O–H groups in total. The number of carbonyl (C=O) groups is 1. The summed E-state index contributed by atoms with van der Waals surface area (Å²) in [7, 11) is 0. The Bertz CT molecular complexity index is 15.5. The van der Waals surface area contributed by atoms with Crippen LogP contribution in [0.5, 0.6) is 0 Å². The molecule has 26 valence electrons. The van der Waals surface area contributed by atoms with Gasteiger partial charge in [0.1, 0.15) is 0 Å². The first-order chi connectivity index (χ1) is 1.41. The Hall–Kier alpha value is 0.366. The second-order valence-corrected chi connectivity index (χ2v) is 0.136. The zero-order chi connectivity index (χ0) is 2.71. The van der Waals surface area contributed by atoms with Crippen molar-refractivity contribution < 1.29 is 4.79 Å². The minimum absolute atomic E-state index is 0. The topological polar surface area (TPSA) is 43.1 Å². The van der Waals surface area contributed by atoms with E-state index in [1.807, 2.05) is 0 Å². The van der Waals surface area contributed by atoms with Crippen molar-refractivity contribution in [1.82, 2.24) is 0 Å². The van der Waals surface area contributed by atoms with Crippen molar-refractivity contribution in [2.24, 2.45) is 5.73 Å². The summed E-state index contributed by atoms with van der Waals surface area (Å²) in [6, 6.07) is 0. The standard InChI is InChI=1S/CH3NO.Po.2H/c2-1-3;;;/h1H,(H2,2,3);;;. The van der Waals surface area contributed by atoms with Crippen LogP contribution in [0, 0.1) is 0 Å². The monoisotopic (exact) mass is 256 g/mol. The maximum atomic E-state index is 8.58. The Kier molecular flexibility index (Phi) is 22.3. The van der Waals surface area contributed by atoms with Crippen molar-refractivity contribution in [3.05, 3.63) is 0 Å². The van der Waals surface area contributed by atoms with Crippen molar-refractivity contribution in [2.45, 2.75) is 0 Å². The summed E-state index contributed by atoms with van der Waals surface area (Å²) in [5.41, 5.74) is 4.17. The molecule has 0 aliphatic carbocycles. The van der Waals surface area contributed by atoms with Crippen LogP contribution in [0.25, 0.3) is 0 Å². The molecule has 0 bridgehead atoms. The van der Waals surface area contributed by atoms with E-state index in [1.165, 1.54) is 0 Å². The van der Waals surface area contributed by atoms with Crippen LogP contribution in [0.2, 0.25) is 0 Å². The molecule has 0 unspecified atom stereocenters. The molecule has 1 amide bonds. The molecule has 0 fully saturated rings. The molecule has 2 nitrogen and oxygen atoms in total. The Morgan fingerprint density at radius 2 is 1.75 bits per heavy atom. The number of primary amides is 1. The van der Waals surface area contributed by atoms with Crippen LogP contribution in [0.3, 0.4) is 0 Å². The molecule has 0 radical (unpaired) electrons. The molecule has 4 heavy (non-hydrogen) atoms. The predicted molar refractivity (Wildman–Crippen MR) is 18.8 cm³/mol.